The number of halogens is 3. The number of hydrogen-bond donors (Lipinski definition) is 0. The molecule has 2 aromatic carbocycles. The van der Waals surface area contributed by atoms with E-state index in [1.807, 2.05) is 6.07 Å². The largest absolute Gasteiger partial charge is 0.496 e. The monoisotopic (exact) mass is 401 g/mol. The van der Waals surface area contributed by atoms with Crippen LogP contribution in [0.5, 0.6) is 11.5 Å². The zero-order valence-electron chi connectivity index (χ0n) is 14.6. The zero-order valence-corrected chi connectivity index (χ0v) is 16.9. The van der Waals surface area contributed by atoms with Crippen LogP contribution in [0.4, 0.5) is 0 Å². The molecule has 6 heteroatoms. The van der Waals surface area contributed by atoms with Gasteiger partial charge in [0.2, 0.25) is 0 Å². The van der Waals surface area contributed by atoms with Crippen molar-refractivity contribution in [2.24, 2.45) is 0 Å². The third-order valence-electron chi connectivity index (χ3n) is 3.75. The first kappa shape index (κ1) is 20.2. The summed E-state index contributed by atoms with van der Waals surface area (Å²) in [4.78, 5) is 2.18. The molecule has 0 amide bonds. The molecule has 3 nitrogen and oxygen atoms in total. The maximum atomic E-state index is 6.17. The molecule has 0 fully saturated rings. The van der Waals surface area contributed by atoms with E-state index in [2.05, 4.69) is 31.1 Å². The van der Waals surface area contributed by atoms with E-state index in [0.29, 0.717) is 27.4 Å². The van der Waals surface area contributed by atoms with Crippen molar-refractivity contribution in [1.29, 1.82) is 0 Å². The minimum absolute atomic E-state index is 0.311. The maximum absolute atomic E-state index is 6.17. The Morgan fingerprint density at radius 1 is 1.00 bits per heavy atom. The van der Waals surface area contributed by atoms with Gasteiger partial charge in [0.15, 0.2) is 5.75 Å². The molecule has 0 N–H and O–H groups in total. The molecule has 0 spiro atoms. The van der Waals surface area contributed by atoms with E-state index in [4.69, 9.17) is 44.3 Å². The van der Waals surface area contributed by atoms with E-state index in [9.17, 15) is 0 Å². The second kappa shape index (κ2) is 9.54. The van der Waals surface area contributed by atoms with Gasteiger partial charge >= 0.3 is 0 Å². The molecule has 0 aliphatic heterocycles. The predicted octanol–water partition coefficient (Wildman–Crippen LogP) is 5.73. The van der Waals surface area contributed by atoms with E-state index in [1.165, 1.54) is 5.56 Å². The van der Waals surface area contributed by atoms with Gasteiger partial charge in [-0.25, -0.2) is 0 Å². The quantitative estimate of drug-likeness (QED) is 0.563. The first-order valence-electron chi connectivity index (χ1n) is 7.98. The molecular weight excluding hydrogens is 381 g/mol. The van der Waals surface area contributed by atoms with Crippen LogP contribution < -0.4 is 9.47 Å². The molecule has 25 heavy (non-hydrogen) atoms. The molecule has 0 unspecified atom stereocenters. The molecule has 0 atom stereocenters. The molecule has 2 aromatic rings. The number of nitrogens with zero attached hydrogens (tertiary/aromatic N) is 1. The van der Waals surface area contributed by atoms with Crippen molar-refractivity contribution in [3.63, 3.8) is 0 Å². The van der Waals surface area contributed by atoms with Crippen LogP contribution in [0.2, 0.25) is 15.1 Å². The fraction of sp³-hybridized carbons (Fsp3) is 0.368. The second-order valence-corrected chi connectivity index (χ2v) is 7.29. The van der Waals surface area contributed by atoms with E-state index >= 15 is 0 Å². The number of methoxy groups -OCH3 is 1. The van der Waals surface area contributed by atoms with Crippen LogP contribution in [-0.4, -0.2) is 32.6 Å². The number of benzene rings is 2. The standard InChI is InChI=1S/C19H22Cl3NO2/c1-23(2)8-4-5-13-6-7-18(24-3)14(9-13)12-25-19-16(21)10-15(20)11-17(19)22/h6-7,9-11H,4-5,8,12H2,1-3H3. The van der Waals surface area contributed by atoms with Gasteiger partial charge in [-0.3, -0.25) is 0 Å². The van der Waals surface area contributed by atoms with Crippen molar-refractivity contribution in [1.82, 2.24) is 4.90 Å². The first-order valence-corrected chi connectivity index (χ1v) is 9.12. The summed E-state index contributed by atoms with van der Waals surface area (Å²) >= 11 is 18.3. The highest BCUT2D eigenvalue weighted by molar-refractivity contribution is 6.40. The Balaban J connectivity index is 2.12. The van der Waals surface area contributed by atoms with Crippen molar-refractivity contribution >= 4 is 34.8 Å². The third kappa shape index (κ3) is 5.96. The highest BCUT2D eigenvalue weighted by Crippen LogP contribution is 2.36. The zero-order chi connectivity index (χ0) is 18.4. The predicted molar refractivity (Wildman–Crippen MR) is 106 cm³/mol. The smallest absolute Gasteiger partial charge is 0.157 e. The van der Waals surface area contributed by atoms with Gasteiger partial charge in [-0.15, -0.1) is 0 Å². The van der Waals surface area contributed by atoms with Crippen LogP contribution in [-0.2, 0) is 13.0 Å². The van der Waals surface area contributed by atoms with Crippen LogP contribution in [0.15, 0.2) is 30.3 Å². The summed E-state index contributed by atoms with van der Waals surface area (Å²) in [6.45, 7) is 1.36. The Morgan fingerprint density at radius 3 is 2.28 bits per heavy atom. The fourth-order valence-corrected chi connectivity index (χ4v) is 3.44. The number of ether oxygens (including phenoxy) is 2. The molecule has 136 valence electrons. The molecule has 0 heterocycles. The maximum Gasteiger partial charge on any atom is 0.157 e. The van der Waals surface area contributed by atoms with Gasteiger partial charge in [-0.05, 0) is 63.3 Å². The van der Waals surface area contributed by atoms with Crippen LogP contribution >= 0.6 is 34.8 Å². The van der Waals surface area contributed by atoms with Crippen molar-refractivity contribution in [3.05, 3.63) is 56.5 Å². The van der Waals surface area contributed by atoms with E-state index < -0.39 is 0 Å². The SMILES string of the molecule is COc1ccc(CCCN(C)C)cc1COc1c(Cl)cc(Cl)cc1Cl. The highest BCUT2D eigenvalue weighted by Gasteiger charge is 2.12. The van der Waals surface area contributed by atoms with Crippen LogP contribution in [0, 0.1) is 0 Å². The lowest BCUT2D eigenvalue weighted by Crippen LogP contribution is -2.13. The molecule has 0 aromatic heterocycles. The Bertz CT molecular complexity index is 697. The minimum atomic E-state index is 0.311. The van der Waals surface area contributed by atoms with Crippen molar-refractivity contribution < 1.29 is 9.47 Å². The average molecular weight is 403 g/mol. The lowest BCUT2D eigenvalue weighted by molar-refractivity contribution is 0.297. The summed E-state index contributed by atoms with van der Waals surface area (Å²) in [7, 11) is 5.80. The Kier molecular flexibility index (Phi) is 7.70. The van der Waals surface area contributed by atoms with E-state index in [-0.39, 0.29) is 0 Å². The first-order chi connectivity index (χ1) is 11.9. The van der Waals surface area contributed by atoms with Crippen LogP contribution in [0.3, 0.4) is 0 Å². The van der Waals surface area contributed by atoms with Crippen molar-refractivity contribution in [3.8, 4) is 11.5 Å². The average Bonchev–Trinajstić information content (AvgIpc) is 2.53. The van der Waals surface area contributed by atoms with Crippen LogP contribution in [0.25, 0.3) is 0 Å². The summed E-state index contributed by atoms with van der Waals surface area (Å²) in [6, 6.07) is 9.37. The molecular formula is C19H22Cl3NO2. The van der Waals surface area contributed by atoms with Gasteiger partial charge in [0.1, 0.15) is 12.4 Å². The summed E-state index contributed by atoms with van der Waals surface area (Å²) in [5, 5.41) is 1.25. The highest BCUT2D eigenvalue weighted by atomic mass is 35.5. The molecule has 0 bridgehead atoms. The summed E-state index contributed by atoms with van der Waals surface area (Å²) in [5.74, 6) is 1.20. The van der Waals surface area contributed by atoms with Gasteiger partial charge < -0.3 is 14.4 Å². The van der Waals surface area contributed by atoms with E-state index in [1.54, 1.807) is 19.2 Å². The molecule has 0 saturated carbocycles. The topological polar surface area (TPSA) is 21.7 Å². The Hall–Kier alpha value is -1.13. The summed E-state index contributed by atoms with van der Waals surface area (Å²) in [5.41, 5.74) is 2.20. The van der Waals surface area contributed by atoms with E-state index in [0.717, 1.165) is 30.7 Å². The van der Waals surface area contributed by atoms with Gasteiger partial charge in [0, 0.05) is 10.6 Å². The number of hydrogen-bond acceptors (Lipinski definition) is 3. The fourth-order valence-electron chi connectivity index (χ4n) is 2.52. The normalized spacial score (nSPS) is 11.0. The van der Waals surface area contributed by atoms with Crippen molar-refractivity contribution in [2.75, 3.05) is 27.7 Å². The summed E-state index contributed by atoms with van der Waals surface area (Å²) < 4.78 is 11.3. The molecule has 0 saturated heterocycles. The number of aryl methyl sites for hydroxylation is 1. The Morgan fingerprint density at radius 2 is 1.68 bits per heavy atom. The lowest BCUT2D eigenvalue weighted by atomic mass is 10.1. The second-order valence-electron chi connectivity index (χ2n) is 6.04. The van der Waals surface area contributed by atoms with Gasteiger partial charge in [-0.1, -0.05) is 40.9 Å². The molecule has 0 aliphatic carbocycles. The minimum Gasteiger partial charge on any atom is -0.496 e. The van der Waals surface area contributed by atoms with Crippen molar-refractivity contribution in [2.45, 2.75) is 19.4 Å². The third-order valence-corrected chi connectivity index (χ3v) is 4.53. The molecule has 0 aliphatic rings. The van der Waals surface area contributed by atoms with Gasteiger partial charge in [0.05, 0.1) is 17.2 Å². The van der Waals surface area contributed by atoms with Crippen LogP contribution in [0.1, 0.15) is 17.5 Å². The van der Waals surface area contributed by atoms with Gasteiger partial charge in [0.25, 0.3) is 0 Å². The molecule has 2 rings (SSSR count). The van der Waals surface area contributed by atoms with Gasteiger partial charge in [-0.2, -0.15) is 0 Å². The summed E-state index contributed by atoms with van der Waals surface area (Å²) in [6.07, 6.45) is 2.09. The Labute approximate surface area is 164 Å². The molecule has 0 radical (unpaired) electrons. The number of rotatable bonds is 8. The lowest BCUT2D eigenvalue weighted by Gasteiger charge is -2.14.